The van der Waals surface area contributed by atoms with Crippen LogP contribution in [0.25, 0.3) is 21.9 Å². The number of nitrogens with zero attached hydrogens (tertiary/aromatic N) is 5. The van der Waals surface area contributed by atoms with Gasteiger partial charge in [-0.05, 0) is 57.9 Å². The fourth-order valence-electron chi connectivity index (χ4n) is 5.48. The zero-order valence-electron chi connectivity index (χ0n) is 19.3. The molecule has 0 spiro atoms. The highest BCUT2D eigenvalue weighted by Crippen LogP contribution is 2.35. The van der Waals surface area contributed by atoms with E-state index in [4.69, 9.17) is 14.5 Å². The van der Waals surface area contributed by atoms with Crippen LogP contribution in [0.3, 0.4) is 0 Å². The number of hydrogen-bond donors (Lipinski definition) is 0. The summed E-state index contributed by atoms with van der Waals surface area (Å²) in [6.07, 6.45) is 4.60. The molecule has 0 radical (unpaired) electrons. The number of imidazole rings is 1. The lowest BCUT2D eigenvalue weighted by Gasteiger charge is -2.31. The number of pyridine rings is 1. The maximum Gasteiger partial charge on any atom is 0.310 e. The minimum atomic E-state index is -0.143. The van der Waals surface area contributed by atoms with E-state index in [2.05, 4.69) is 34.4 Å². The van der Waals surface area contributed by atoms with Crippen LogP contribution in [0.1, 0.15) is 50.5 Å². The Balaban J connectivity index is 1.62. The lowest BCUT2D eigenvalue weighted by Crippen LogP contribution is -2.34. The number of rotatable bonds is 4. The van der Waals surface area contributed by atoms with Crippen molar-refractivity contribution >= 4 is 27.9 Å². The van der Waals surface area contributed by atoms with E-state index in [1.165, 1.54) is 7.11 Å². The van der Waals surface area contributed by atoms with Crippen LogP contribution in [0.5, 0.6) is 0 Å². The summed E-state index contributed by atoms with van der Waals surface area (Å²) < 4.78 is 13.2. The lowest BCUT2D eigenvalue weighted by atomic mass is 10.0. The van der Waals surface area contributed by atoms with Crippen molar-refractivity contribution in [2.24, 2.45) is 5.92 Å². The molecule has 2 aliphatic rings. The fraction of sp³-hybridized carbons (Fsp3) is 0.520. The van der Waals surface area contributed by atoms with Crippen LogP contribution >= 0.6 is 0 Å². The SMILES string of the molecule is COC(=O)C1CCN(Cc2nc3cnc4ccc(C#N)cc4c3n2[C@@H]2CCO[C@H](C)C2)C1C. The maximum atomic E-state index is 12.2. The zero-order valence-corrected chi connectivity index (χ0v) is 19.3. The Hall–Kier alpha value is -3.02. The number of nitriles is 1. The number of carbonyl (C=O) groups is 1. The molecule has 5 rings (SSSR count). The van der Waals surface area contributed by atoms with Crippen LogP contribution in [-0.2, 0) is 20.8 Å². The predicted molar refractivity (Wildman–Crippen MR) is 123 cm³/mol. The molecule has 3 aromatic rings. The molecule has 33 heavy (non-hydrogen) atoms. The van der Waals surface area contributed by atoms with Crippen LogP contribution in [0.15, 0.2) is 24.4 Å². The van der Waals surface area contributed by atoms with Gasteiger partial charge in [-0.25, -0.2) is 4.98 Å². The summed E-state index contributed by atoms with van der Waals surface area (Å²) in [4.78, 5) is 24.2. The summed E-state index contributed by atoms with van der Waals surface area (Å²) in [5.74, 6) is 0.714. The Morgan fingerprint density at radius 1 is 1.30 bits per heavy atom. The van der Waals surface area contributed by atoms with Crippen LogP contribution in [0, 0.1) is 17.2 Å². The fourth-order valence-corrected chi connectivity index (χ4v) is 5.48. The largest absolute Gasteiger partial charge is 0.469 e. The van der Waals surface area contributed by atoms with Crippen molar-refractivity contribution in [1.82, 2.24) is 19.4 Å². The van der Waals surface area contributed by atoms with Gasteiger partial charge in [0.05, 0.1) is 54.5 Å². The summed E-state index contributed by atoms with van der Waals surface area (Å²) in [6, 6.07) is 8.21. The number of methoxy groups -OCH3 is 1. The first-order valence-electron chi connectivity index (χ1n) is 11.6. The zero-order chi connectivity index (χ0) is 23.1. The minimum absolute atomic E-state index is 0.0828. The minimum Gasteiger partial charge on any atom is -0.469 e. The van der Waals surface area contributed by atoms with Crippen LogP contribution in [0.4, 0.5) is 0 Å². The summed E-state index contributed by atoms with van der Waals surface area (Å²) in [7, 11) is 1.46. The van der Waals surface area contributed by atoms with Crippen LogP contribution in [0.2, 0.25) is 0 Å². The Morgan fingerprint density at radius 3 is 2.91 bits per heavy atom. The number of fused-ring (bicyclic) bond motifs is 3. The van der Waals surface area contributed by atoms with E-state index in [-0.39, 0.29) is 30.1 Å². The molecule has 0 bridgehead atoms. The summed E-state index contributed by atoms with van der Waals surface area (Å²) in [5.41, 5.74) is 3.33. The quantitative estimate of drug-likeness (QED) is 0.564. The molecule has 2 aliphatic heterocycles. The topological polar surface area (TPSA) is 93.3 Å². The highest BCUT2D eigenvalue weighted by atomic mass is 16.5. The molecular weight excluding hydrogens is 418 g/mol. The molecule has 0 N–H and O–H groups in total. The number of aromatic nitrogens is 3. The first kappa shape index (κ1) is 21.8. The molecule has 0 saturated carbocycles. The molecule has 8 nitrogen and oxygen atoms in total. The van der Waals surface area contributed by atoms with E-state index in [1.54, 1.807) is 6.07 Å². The van der Waals surface area contributed by atoms with Crippen molar-refractivity contribution in [2.45, 2.75) is 57.8 Å². The Bertz CT molecular complexity index is 1250. The molecule has 2 unspecified atom stereocenters. The lowest BCUT2D eigenvalue weighted by molar-refractivity contribution is -0.146. The molecule has 2 fully saturated rings. The molecule has 4 heterocycles. The smallest absolute Gasteiger partial charge is 0.310 e. The predicted octanol–water partition coefficient (Wildman–Crippen LogP) is 3.58. The van der Waals surface area contributed by atoms with Gasteiger partial charge in [0, 0.05) is 24.1 Å². The molecular formula is C25H29N5O3. The van der Waals surface area contributed by atoms with Gasteiger partial charge >= 0.3 is 5.97 Å². The monoisotopic (exact) mass is 447 g/mol. The van der Waals surface area contributed by atoms with E-state index in [0.717, 1.165) is 53.6 Å². The molecule has 172 valence electrons. The van der Waals surface area contributed by atoms with Gasteiger partial charge in [-0.3, -0.25) is 14.7 Å². The van der Waals surface area contributed by atoms with E-state index in [0.29, 0.717) is 18.7 Å². The summed E-state index contributed by atoms with van der Waals surface area (Å²) in [5, 5.41) is 10.4. The van der Waals surface area contributed by atoms with Gasteiger partial charge in [-0.2, -0.15) is 5.26 Å². The number of ether oxygens (including phenoxy) is 2. The summed E-state index contributed by atoms with van der Waals surface area (Å²) in [6.45, 7) is 6.39. The summed E-state index contributed by atoms with van der Waals surface area (Å²) >= 11 is 0. The van der Waals surface area contributed by atoms with Crippen molar-refractivity contribution in [3.05, 3.63) is 35.8 Å². The molecule has 0 amide bonds. The molecule has 2 saturated heterocycles. The van der Waals surface area contributed by atoms with Crippen molar-refractivity contribution in [1.29, 1.82) is 5.26 Å². The van der Waals surface area contributed by atoms with Gasteiger partial charge in [0.25, 0.3) is 0 Å². The third-order valence-corrected chi connectivity index (χ3v) is 7.27. The number of esters is 1. The number of carbonyl (C=O) groups excluding carboxylic acids is 1. The second-order valence-corrected chi connectivity index (χ2v) is 9.22. The second-order valence-electron chi connectivity index (χ2n) is 9.22. The third-order valence-electron chi connectivity index (χ3n) is 7.27. The molecule has 0 aliphatic carbocycles. The normalized spacial score (nSPS) is 26.0. The Kier molecular flexibility index (Phi) is 5.77. The molecule has 8 heteroatoms. The van der Waals surface area contributed by atoms with Crippen molar-refractivity contribution in [3.63, 3.8) is 0 Å². The highest BCUT2D eigenvalue weighted by Gasteiger charge is 2.37. The Morgan fingerprint density at radius 2 is 2.15 bits per heavy atom. The van der Waals surface area contributed by atoms with Gasteiger partial charge in [-0.15, -0.1) is 0 Å². The standard InChI is InChI=1S/C25H29N5O3/c1-15-10-18(7-9-33-15)30-23(14-29-8-6-19(16(29)2)25(31)32-3)28-22-13-27-21-5-4-17(12-26)11-20(21)24(22)30/h4-5,11,13,15-16,18-19H,6-10,14H2,1-3H3/t15-,16?,18-,19?/m1/s1. The number of likely N-dealkylation sites (tertiary alicyclic amines) is 1. The van der Waals surface area contributed by atoms with E-state index in [1.807, 2.05) is 18.3 Å². The van der Waals surface area contributed by atoms with Gasteiger partial charge in [0.2, 0.25) is 0 Å². The van der Waals surface area contributed by atoms with Gasteiger partial charge in [0.1, 0.15) is 11.3 Å². The average Bonchev–Trinajstić information content (AvgIpc) is 3.38. The van der Waals surface area contributed by atoms with E-state index in [9.17, 15) is 10.1 Å². The second kappa shape index (κ2) is 8.73. The first-order chi connectivity index (χ1) is 16.0. The Labute approximate surface area is 193 Å². The molecule has 2 aromatic heterocycles. The maximum absolute atomic E-state index is 12.2. The van der Waals surface area contributed by atoms with Crippen LogP contribution < -0.4 is 0 Å². The third kappa shape index (κ3) is 3.85. The van der Waals surface area contributed by atoms with Gasteiger partial charge in [0.15, 0.2) is 0 Å². The van der Waals surface area contributed by atoms with Crippen molar-refractivity contribution in [3.8, 4) is 6.07 Å². The molecule has 1 aromatic carbocycles. The van der Waals surface area contributed by atoms with Crippen molar-refractivity contribution in [2.75, 3.05) is 20.3 Å². The highest BCUT2D eigenvalue weighted by molar-refractivity contribution is 6.02. The molecule has 4 atom stereocenters. The van der Waals surface area contributed by atoms with Crippen molar-refractivity contribution < 1.29 is 14.3 Å². The van der Waals surface area contributed by atoms with Crippen LogP contribution in [-0.4, -0.2) is 57.8 Å². The first-order valence-corrected chi connectivity index (χ1v) is 11.6. The number of benzene rings is 1. The van der Waals surface area contributed by atoms with E-state index < -0.39 is 0 Å². The number of hydrogen-bond acceptors (Lipinski definition) is 7. The average molecular weight is 448 g/mol. The van der Waals surface area contributed by atoms with E-state index >= 15 is 0 Å². The van der Waals surface area contributed by atoms with Gasteiger partial charge in [-0.1, -0.05) is 0 Å². The van der Waals surface area contributed by atoms with Gasteiger partial charge < -0.3 is 14.0 Å².